The maximum Gasteiger partial charge on any atom is 0.161 e. The molecule has 3 rings (SSSR count). The minimum atomic E-state index is 0.738. The molecule has 0 radical (unpaired) electrons. The summed E-state index contributed by atoms with van der Waals surface area (Å²) in [6.07, 6.45) is 7.06. The zero-order valence-electron chi connectivity index (χ0n) is 24.9. The summed E-state index contributed by atoms with van der Waals surface area (Å²) in [7, 11) is 9.87. The summed E-state index contributed by atoms with van der Waals surface area (Å²) < 4.78 is 35.0. The summed E-state index contributed by atoms with van der Waals surface area (Å²) in [6.45, 7) is 0. The van der Waals surface area contributed by atoms with Gasteiger partial charge in [0.1, 0.15) is 0 Å². The van der Waals surface area contributed by atoms with Crippen LogP contribution in [0.2, 0.25) is 0 Å². The van der Waals surface area contributed by atoms with Crippen LogP contribution in [0, 0.1) is 0 Å². The SMILES string of the molecule is COc1ccc(Br)cc1OC.COc1ccc(CCCCc2ccc(OC)c(OC)c2)cc1OC.ICCCCI. The lowest BCUT2D eigenvalue weighted by Crippen LogP contribution is -1.95. The van der Waals surface area contributed by atoms with Gasteiger partial charge in [-0.25, -0.2) is 0 Å². The van der Waals surface area contributed by atoms with E-state index in [-0.39, 0.29) is 0 Å². The van der Waals surface area contributed by atoms with Crippen LogP contribution in [-0.4, -0.2) is 51.5 Å². The molecular formula is C32H43BrI2O6. The van der Waals surface area contributed by atoms with E-state index >= 15 is 0 Å². The van der Waals surface area contributed by atoms with E-state index in [0.717, 1.165) is 64.7 Å². The standard InChI is InChI=1S/C20H26O4.C8H9BrO2.C4H8I2/c1-21-17-11-9-15(13-19(17)23-3)7-5-6-8-16-10-12-18(22-2)20(14-16)24-4;1-10-7-4-3-6(9)5-8(7)11-2;5-3-1-2-4-6/h9-14H,5-8H2,1-4H3;3-5H,1-2H3;1-4H2. The van der Waals surface area contributed by atoms with Crippen LogP contribution in [0.25, 0.3) is 0 Å². The van der Waals surface area contributed by atoms with E-state index in [1.807, 2.05) is 30.3 Å². The smallest absolute Gasteiger partial charge is 0.161 e. The molecule has 3 aromatic rings. The van der Waals surface area contributed by atoms with Crippen LogP contribution < -0.4 is 28.4 Å². The van der Waals surface area contributed by atoms with Crippen molar-refractivity contribution in [3.05, 3.63) is 70.2 Å². The van der Waals surface area contributed by atoms with Crippen molar-refractivity contribution in [2.24, 2.45) is 0 Å². The molecule has 3 aromatic carbocycles. The highest BCUT2D eigenvalue weighted by atomic mass is 127. The Bertz CT molecular complexity index is 1070. The molecule has 6 nitrogen and oxygen atoms in total. The molecular weight excluding hydrogens is 814 g/mol. The largest absolute Gasteiger partial charge is 0.493 e. The molecule has 0 aliphatic carbocycles. The lowest BCUT2D eigenvalue weighted by molar-refractivity contribution is 0.354. The number of hydrogen-bond donors (Lipinski definition) is 0. The third kappa shape index (κ3) is 14.4. The van der Waals surface area contributed by atoms with Gasteiger partial charge in [-0.1, -0.05) is 73.2 Å². The summed E-state index contributed by atoms with van der Waals surface area (Å²) in [4.78, 5) is 0. The topological polar surface area (TPSA) is 55.4 Å². The Hall–Kier alpha value is -1.60. The second-order valence-electron chi connectivity index (χ2n) is 8.67. The van der Waals surface area contributed by atoms with E-state index in [0.29, 0.717) is 0 Å². The van der Waals surface area contributed by atoms with Crippen LogP contribution >= 0.6 is 61.1 Å². The van der Waals surface area contributed by atoms with Gasteiger partial charge in [-0.2, -0.15) is 0 Å². The predicted octanol–water partition coefficient (Wildman–Crippen LogP) is 9.39. The predicted molar refractivity (Wildman–Crippen MR) is 190 cm³/mol. The van der Waals surface area contributed by atoms with Gasteiger partial charge in [0.05, 0.1) is 42.7 Å². The first-order valence-corrected chi connectivity index (χ1v) is 17.2. The Morgan fingerprint density at radius 1 is 0.463 bits per heavy atom. The molecule has 41 heavy (non-hydrogen) atoms. The van der Waals surface area contributed by atoms with Crippen LogP contribution in [-0.2, 0) is 12.8 Å². The Morgan fingerprint density at radius 3 is 1.15 bits per heavy atom. The Labute approximate surface area is 282 Å². The van der Waals surface area contributed by atoms with Gasteiger partial charge in [0.15, 0.2) is 34.5 Å². The van der Waals surface area contributed by atoms with Gasteiger partial charge in [-0.3, -0.25) is 0 Å². The number of ether oxygens (including phenoxy) is 6. The molecule has 0 spiro atoms. The number of alkyl halides is 2. The summed E-state index contributed by atoms with van der Waals surface area (Å²) in [6, 6.07) is 17.8. The molecule has 0 atom stereocenters. The van der Waals surface area contributed by atoms with Gasteiger partial charge in [0.25, 0.3) is 0 Å². The highest BCUT2D eigenvalue weighted by Crippen LogP contribution is 2.30. The summed E-state index contributed by atoms with van der Waals surface area (Å²) in [5, 5.41) is 0. The van der Waals surface area contributed by atoms with Gasteiger partial charge in [0, 0.05) is 4.47 Å². The maximum absolute atomic E-state index is 5.35. The lowest BCUT2D eigenvalue weighted by Gasteiger charge is -2.10. The van der Waals surface area contributed by atoms with Crippen molar-refractivity contribution in [2.45, 2.75) is 38.5 Å². The van der Waals surface area contributed by atoms with Crippen LogP contribution in [0.15, 0.2) is 59.1 Å². The van der Waals surface area contributed by atoms with Gasteiger partial charge in [0.2, 0.25) is 0 Å². The number of halogens is 3. The van der Waals surface area contributed by atoms with Crippen LogP contribution in [0.3, 0.4) is 0 Å². The molecule has 0 fully saturated rings. The van der Waals surface area contributed by atoms with E-state index in [1.54, 1.807) is 42.7 Å². The number of aryl methyl sites for hydroxylation is 2. The van der Waals surface area contributed by atoms with Gasteiger partial charge in [-0.05, 0) is 101 Å². The normalized spacial score (nSPS) is 9.88. The van der Waals surface area contributed by atoms with Crippen molar-refractivity contribution in [3.8, 4) is 34.5 Å². The van der Waals surface area contributed by atoms with Gasteiger partial charge < -0.3 is 28.4 Å². The fourth-order valence-corrected chi connectivity index (χ4v) is 5.15. The average Bonchev–Trinajstić information content (AvgIpc) is 3.02. The fourth-order valence-electron chi connectivity index (χ4n) is 3.73. The number of unbranched alkanes of at least 4 members (excludes halogenated alkanes) is 2. The number of benzene rings is 3. The van der Waals surface area contributed by atoms with Crippen molar-refractivity contribution < 1.29 is 28.4 Å². The molecule has 9 heteroatoms. The molecule has 0 bridgehead atoms. The van der Waals surface area contributed by atoms with Crippen LogP contribution in [0.5, 0.6) is 34.5 Å². The van der Waals surface area contributed by atoms with Crippen molar-refractivity contribution in [1.29, 1.82) is 0 Å². The van der Waals surface area contributed by atoms with Crippen molar-refractivity contribution >= 4 is 61.1 Å². The molecule has 0 unspecified atom stereocenters. The summed E-state index contributed by atoms with van der Waals surface area (Å²) in [5.74, 6) is 4.60. The third-order valence-electron chi connectivity index (χ3n) is 5.94. The molecule has 0 amide bonds. The van der Waals surface area contributed by atoms with Crippen molar-refractivity contribution in [2.75, 3.05) is 51.5 Å². The Balaban J connectivity index is 0.000000406. The lowest BCUT2D eigenvalue weighted by atomic mass is 10.0. The van der Waals surface area contributed by atoms with Gasteiger partial charge in [-0.15, -0.1) is 0 Å². The second-order valence-corrected chi connectivity index (χ2v) is 11.7. The van der Waals surface area contributed by atoms with Crippen LogP contribution in [0.1, 0.15) is 36.8 Å². The molecule has 0 N–H and O–H groups in total. The summed E-state index contributed by atoms with van der Waals surface area (Å²) >= 11 is 8.15. The Kier molecular flexibility index (Phi) is 20.9. The molecule has 228 valence electrons. The highest BCUT2D eigenvalue weighted by Gasteiger charge is 2.06. The molecule has 0 aliphatic rings. The molecule has 0 aromatic heterocycles. The van der Waals surface area contributed by atoms with Gasteiger partial charge >= 0.3 is 0 Å². The Morgan fingerprint density at radius 2 is 0.805 bits per heavy atom. The van der Waals surface area contributed by atoms with E-state index in [4.69, 9.17) is 28.4 Å². The molecule has 0 saturated heterocycles. The van der Waals surface area contributed by atoms with E-state index in [2.05, 4.69) is 85.4 Å². The van der Waals surface area contributed by atoms with Crippen molar-refractivity contribution in [3.63, 3.8) is 0 Å². The first-order chi connectivity index (χ1) is 19.9. The first kappa shape index (κ1) is 37.4. The second kappa shape index (κ2) is 22.9. The maximum atomic E-state index is 5.35. The average molecular weight is 857 g/mol. The van der Waals surface area contributed by atoms with E-state index in [1.165, 1.54) is 32.8 Å². The fraction of sp³-hybridized carbons (Fsp3) is 0.438. The summed E-state index contributed by atoms with van der Waals surface area (Å²) in [5.41, 5.74) is 2.53. The minimum Gasteiger partial charge on any atom is -0.493 e. The third-order valence-corrected chi connectivity index (χ3v) is 7.96. The highest BCUT2D eigenvalue weighted by molar-refractivity contribution is 14.1. The van der Waals surface area contributed by atoms with E-state index in [9.17, 15) is 0 Å². The molecule has 0 heterocycles. The zero-order chi connectivity index (χ0) is 30.5. The zero-order valence-corrected chi connectivity index (χ0v) is 30.8. The number of methoxy groups -OCH3 is 6. The van der Waals surface area contributed by atoms with Crippen molar-refractivity contribution in [1.82, 2.24) is 0 Å². The quantitative estimate of drug-likeness (QED) is 0.0916. The minimum absolute atomic E-state index is 0.738. The van der Waals surface area contributed by atoms with E-state index < -0.39 is 0 Å². The molecule has 0 saturated carbocycles. The number of rotatable bonds is 14. The monoisotopic (exact) mass is 856 g/mol. The number of hydrogen-bond acceptors (Lipinski definition) is 6. The molecule has 0 aliphatic heterocycles. The first-order valence-electron chi connectivity index (χ1n) is 13.3. The van der Waals surface area contributed by atoms with Crippen LogP contribution in [0.4, 0.5) is 0 Å².